The van der Waals surface area contributed by atoms with Crippen molar-refractivity contribution in [3.8, 4) is 0 Å². The lowest BCUT2D eigenvalue weighted by atomic mass is 9.46. The van der Waals surface area contributed by atoms with Crippen molar-refractivity contribution in [2.75, 3.05) is 0 Å². The van der Waals surface area contributed by atoms with Gasteiger partial charge in [0.25, 0.3) is 0 Å². The van der Waals surface area contributed by atoms with Crippen LogP contribution in [0.4, 0.5) is 0 Å². The summed E-state index contributed by atoms with van der Waals surface area (Å²) in [5.41, 5.74) is -0.0168. The lowest BCUT2D eigenvalue weighted by Crippen LogP contribution is -2.60. The molecule has 6 aliphatic rings. The van der Waals surface area contributed by atoms with Crippen LogP contribution in [0.2, 0.25) is 0 Å². The Morgan fingerprint density at radius 2 is 2.11 bits per heavy atom. The fourth-order valence-electron chi connectivity index (χ4n) is 8.66. The smallest absolute Gasteiger partial charge is 0.303 e. The molecule has 0 radical (unpaired) electrons. The number of carboxylic acid groups (broad SMARTS) is 1. The molecule has 1 saturated heterocycles. The minimum absolute atomic E-state index is 0.0267. The van der Waals surface area contributed by atoms with Crippen LogP contribution in [0.3, 0.4) is 0 Å². The zero-order chi connectivity index (χ0) is 19.7. The first-order chi connectivity index (χ1) is 13.2. The molecule has 2 N–H and O–H groups in total. The highest BCUT2D eigenvalue weighted by Crippen LogP contribution is 2.82. The summed E-state index contributed by atoms with van der Waals surface area (Å²) in [7, 11) is 0. The molecule has 0 aromatic carbocycles. The lowest BCUT2D eigenvalue weighted by molar-refractivity contribution is -0.144. The Morgan fingerprint density at radius 1 is 1.32 bits per heavy atom. The number of hydrogen-bond acceptors (Lipinski definition) is 4. The second-order valence-electron chi connectivity index (χ2n) is 11.0. The summed E-state index contributed by atoms with van der Waals surface area (Å²) in [6, 6.07) is 0. The average molecular weight is 386 g/mol. The Morgan fingerprint density at radius 3 is 2.86 bits per heavy atom. The SMILES string of the molecule is C[C@]12CCC(=O)C=C1[C@H]1C[C@H]1[C@H]1[C@@H]3CC[C@](O)(CCC(=O)O)[C@@]3(C)C[C@H]3O[C@@]132. The predicted octanol–water partition coefficient (Wildman–Crippen LogP) is 3.10. The van der Waals surface area contributed by atoms with Crippen molar-refractivity contribution in [2.24, 2.45) is 34.5 Å². The van der Waals surface area contributed by atoms with Crippen LogP contribution < -0.4 is 0 Å². The Balaban J connectivity index is 1.40. The quantitative estimate of drug-likeness (QED) is 0.728. The summed E-state index contributed by atoms with van der Waals surface area (Å²) in [5, 5.41) is 20.8. The summed E-state index contributed by atoms with van der Waals surface area (Å²) < 4.78 is 6.62. The molecule has 0 bridgehead atoms. The van der Waals surface area contributed by atoms with Gasteiger partial charge in [-0.15, -0.1) is 0 Å². The fraction of sp³-hybridized carbons (Fsp3) is 0.826. The molecule has 0 amide bonds. The van der Waals surface area contributed by atoms with Gasteiger partial charge in [-0.25, -0.2) is 0 Å². The minimum Gasteiger partial charge on any atom is -0.481 e. The van der Waals surface area contributed by atoms with Crippen LogP contribution >= 0.6 is 0 Å². The first kappa shape index (κ1) is 17.6. The van der Waals surface area contributed by atoms with E-state index in [0.29, 0.717) is 42.9 Å². The Labute approximate surface area is 165 Å². The van der Waals surface area contributed by atoms with Gasteiger partial charge in [-0.2, -0.15) is 0 Å². The van der Waals surface area contributed by atoms with Gasteiger partial charge in [0.05, 0.1) is 11.7 Å². The van der Waals surface area contributed by atoms with Gasteiger partial charge < -0.3 is 14.9 Å². The molecule has 6 rings (SSSR count). The molecule has 4 saturated carbocycles. The largest absolute Gasteiger partial charge is 0.481 e. The molecule has 1 heterocycles. The molecule has 5 fully saturated rings. The van der Waals surface area contributed by atoms with Crippen LogP contribution in [-0.2, 0) is 14.3 Å². The highest BCUT2D eigenvalue weighted by atomic mass is 16.6. The number of carbonyl (C=O) groups is 2. The van der Waals surface area contributed by atoms with Crippen molar-refractivity contribution in [2.45, 2.75) is 82.5 Å². The van der Waals surface area contributed by atoms with Gasteiger partial charge in [0, 0.05) is 23.7 Å². The molecular weight excluding hydrogens is 356 g/mol. The molecule has 1 spiro atoms. The average Bonchev–Trinajstić information content (AvgIpc) is 3.52. The summed E-state index contributed by atoms with van der Waals surface area (Å²) in [6.45, 7) is 4.54. The third-order valence-electron chi connectivity index (χ3n) is 10.2. The fourth-order valence-corrected chi connectivity index (χ4v) is 8.66. The normalized spacial score (nSPS) is 57.9. The topological polar surface area (TPSA) is 87.1 Å². The van der Waals surface area contributed by atoms with Crippen LogP contribution in [0.15, 0.2) is 11.6 Å². The number of hydrogen-bond donors (Lipinski definition) is 2. The number of aliphatic hydroxyl groups is 1. The first-order valence-corrected chi connectivity index (χ1v) is 11.0. The molecule has 0 unspecified atom stereocenters. The Bertz CT molecular complexity index is 833. The number of fused-ring (bicyclic) bond motifs is 6. The molecule has 28 heavy (non-hydrogen) atoms. The van der Waals surface area contributed by atoms with Gasteiger partial charge in [0.15, 0.2) is 5.78 Å². The van der Waals surface area contributed by atoms with Gasteiger partial charge in [0.2, 0.25) is 0 Å². The molecule has 152 valence electrons. The molecule has 1 aliphatic heterocycles. The maximum atomic E-state index is 12.1. The number of aliphatic carboxylic acids is 1. The second-order valence-corrected chi connectivity index (χ2v) is 11.0. The molecule has 5 nitrogen and oxygen atoms in total. The van der Waals surface area contributed by atoms with Gasteiger partial charge in [0.1, 0.15) is 5.60 Å². The number of carbonyl (C=O) groups excluding carboxylic acids is 1. The van der Waals surface area contributed by atoms with Crippen LogP contribution in [0.5, 0.6) is 0 Å². The monoisotopic (exact) mass is 386 g/mol. The van der Waals surface area contributed by atoms with E-state index in [9.17, 15) is 19.8 Å². The zero-order valence-corrected chi connectivity index (χ0v) is 16.7. The van der Waals surface area contributed by atoms with Crippen molar-refractivity contribution in [1.82, 2.24) is 0 Å². The van der Waals surface area contributed by atoms with Gasteiger partial charge in [-0.3, -0.25) is 9.59 Å². The zero-order valence-electron chi connectivity index (χ0n) is 16.7. The number of epoxide rings is 1. The number of ether oxygens (including phenoxy) is 1. The van der Waals surface area contributed by atoms with E-state index in [4.69, 9.17) is 4.74 Å². The van der Waals surface area contributed by atoms with Crippen LogP contribution in [0, 0.1) is 34.5 Å². The maximum absolute atomic E-state index is 12.1. The molecule has 0 aromatic rings. The third kappa shape index (κ3) is 1.78. The van der Waals surface area contributed by atoms with Crippen molar-refractivity contribution < 1.29 is 24.5 Å². The van der Waals surface area contributed by atoms with Gasteiger partial charge in [-0.1, -0.05) is 19.4 Å². The van der Waals surface area contributed by atoms with Crippen LogP contribution in [-0.4, -0.2) is 39.3 Å². The summed E-state index contributed by atoms with van der Waals surface area (Å²) in [5.74, 6) is 1.36. The van der Waals surface area contributed by atoms with Crippen LogP contribution in [0.25, 0.3) is 0 Å². The van der Waals surface area contributed by atoms with E-state index in [2.05, 4.69) is 13.8 Å². The van der Waals surface area contributed by atoms with Crippen molar-refractivity contribution in [3.63, 3.8) is 0 Å². The summed E-state index contributed by atoms with van der Waals surface area (Å²) >= 11 is 0. The van der Waals surface area contributed by atoms with Gasteiger partial charge in [-0.05, 0) is 68.3 Å². The van der Waals surface area contributed by atoms with E-state index in [1.807, 2.05) is 6.08 Å². The lowest BCUT2D eigenvalue weighted by Gasteiger charge is -2.56. The van der Waals surface area contributed by atoms with Crippen molar-refractivity contribution in [1.29, 1.82) is 0 Å². The van der Waals surface area contributed by atoms with E-state index in [-0.39, 0.29) is 34.7 Å². The maximum Gasteiger partial charge on any atom is 0.303 e. The Kier molecular flexibility index (Phi) is 3.10. The van der Waals surface area contributed by atoms with Gasteiger partial charge >= 0.3 is 5.97 Å². The minimum atomic E-state index is -0.905. The van der Waals surface area contributed by atoms with Crippen LogP contribution in [0.1, 0.15) is 65.2 Å². The first-order valence-electron chi connectivity index (χ1n) is 11.0. The number of rotatable bonds is 3. The van der Waals surface area contributed by atoms with E-state index >= 15 is 0 Å². The van der Waals surface area contributed by atoms with Crippen molar-refractivity contribution >= 4 is 11.8 Å². The summed E-state index contributed by atoms with van der Waals surface area (Å²) in [6.07, 6.45) is 7.59. The Hall–Kier alpha value is -1.20. The standard InChI is InChI=1S/C23H30O5/c1-20-6-3-12(24)9-16(20)13-10-14(13)19-15-4-7-22(27,8-5-18(25)26)21(15,2)11-17-23(19,20)28-17/h9,13-15,17,19,27H,3-8,10-11H2,1-2H3,(H,25,26)/t13-,14+,15-,17+,19-,20-,21-,22-,23+/m0/s1. The molecule has 0 aromatic heterocycles. The van der Waals surface area contributed by atoms with E-state index in [1.165, 1.54) is 5.57 Å². The third-order valence-corrected chi connectivity index (χ3v) is 10.2. The highest BCUT2D eigenvalue weighted by Gasteiger charge is 2.84. The van der Waals surface area contributed by atoms with E-state index < -0.39 is 11.6 Å². The second kappa shape index (κ2) is 4.92. The highest BCUT2D eigenvalue weighted by molar-refractivity contribution is 5.92. The van der Waals surface area contributed by atoms with E-state index in [1.54, 1.807) is 0 Å². The number of ketones is 1. The molecular formula is C23H30O5. The summed E-state index contributed by atoms with van der Waals surface area (Å²) in [4.78, 5) is 23.3. The molecule has 5 aliphatic carbocycles. The molecule has 5 heteroatoms. The van der Waals surface area contributed by atoms with Crippen molar-refractivity contribution in [3.05, 3.63) is 11.6 Å². The predicted molar refractivity (Wildman–Crippen MR) is 100 cm³/mol. The molecule has 9 atom stereocenters. The number of carboxylic acids is 1. The van der Waals surface area contributed by atoms with E-state index in [0.717, 1.165) is 25.7 Å².